The molecule has 0 aromatic rings. The molecule has 27 heavy (non-hydrogen) atoms. The summed E-state index contributed by atoms with van der Waals surface area (Å²) in [6, 6.07) is 0. The normalized spacial score (nSPS) is 15.9. The number of nitrogens with zero attached hydrogens (tertiary/aromatic N) is 1. The van der Waals surface area contributed by atoms with Gasteiger partial charge in [0.25, 0.3) is 0 Å². The summed E-state index contributed by atoms with van der Waals surface area (Å²) in [4.78, 5) is 37.4. The molecule has 0 aromatic heterocycles. The smallest absolute Gasteiger partial charge is 0.407 e. The Labute approximate surface area is 162 Å². The Hall–Kier alpha value is -2.05. The van der Waals surface area contributed by atoms with Gasteiger partial charge in [-0.2, -0.15) is 0 Å². The van der Waals surface area contributed by atoms with Gasteiger partial charge in [-0.05, 0) is 51.5 Å². The third-order valence-corrected chi connectivity index (χ3v) is 4.17. The lowest BCUT2D eigenvalue weighted by atomic mass is 9.96. The highest BCUT2D eigenvalue weighted by molar-refractivity contribution is 5.87. The van der Waals surface area contributed by atoms with Gasteiger partial charge in [-0.1, -0.05) is 19.9 Å². The molecule has 1 aliphatic rings. The van der Waals surface area contributed by atoms with Crippen molar-refractivity contribution in [2.45, 2.75) is 59.5 Å². The first kappa shape index (κ1) is 23.0. The van der Waals surface area contributed by atoms with Crippen molar-refractivity contribution in [1.82, 2.24) is 15.5 Å². The molecule has 3 amide bonds. The van der Waals surface area contributed by atoms with Crippen LogP contribution >= 0.6 is 0 Å². The average Bonchev–Trinajstić information content (AvgIpc) is 2.56. The predicted octanol–water partition coefficient (Wildman–Crippen LogP) is 2.47. The van der Waals surface area contributed by atoms with E-state index in [0.29, 0.717) is 31.5 Å². The van der Waals surface area contributed by atoms with E-state index < -0.39 is 11.7 Å². The zero-order valence-corrected chi connectivity index (χ0v) is 17.3. The second kappa shape index (κ2) is 10.9. The van der Waals surface area contributed by atoms with Gasteiger partial charge in [-0.3, -0.25) is 9.59 Å². The zero-order valence-electron chi connectivity index (χ0n) is 17.3. The molecule has 0 atom stereocenters. The topological polar surface area (TPSA) is 87.7 Å². The predicted molar refractivity (Wildman–Crippen MR) is 105 cm³/mol. The molecule has 1 saturated heterocycles. The van der Waals surface area contributed by atoms with Crippen molar-refractivity contribution in [3.05, 3.63) is 12.2 Å². The lowest BCUT2D eigenvalue weighted by Crippen LogP contribution is -2.42. The van der Waals surface area contributed by atoms with Crippen LogP contribution in [-0.4, -0.2) is 54.6 Å². The first-order valence-corrected chi connectivity index (χ1v) is 9.77. The number of nitrogens with one attached hydrogen (secondary N) is 2. The van der Waals surface area contributed by atoms with Gasteiger partial charge in [0.2, 0.25) is 11.8 Å². The van der Waals surface area contributed by atoms with Gasteiger partial charge in [-0.25, -0.2) is 4.79 Å². The van der Waals surface area contributed by atoms with Gasteiger partial charge in [0, 0.05) is 32.6 Å². The lowest BCUT2D eigenvalue weighted by Gasteiger charge is -2.32. The quantitative estimate of drug-likeness (QED) is 0.663. The summed E-state index contributed by atoms with van der Waals surface area (Å²) in [6.07, 6.45) is 4.97. The highest BCUT2D eigenvalue weighted by atomic mass is 16.6. The van der Waals surface area contributed by atoms with Gasteiger partial charge in [0.05, 0.1) is 0 Å². The number of allylic oxidation sites excluding steroid dienone is 1. The van der Waals surface area contributed by atoms with Crippen molar-refractivity contribution in [2.75, 3.05) is 26.2 Å². The number of carbonyl (C=O) groups is 3. The Morgan fingerprint density at radius 3 is 2.33 bits per heavy atom. The summed E-state index contributed by atoms with van der Waals surface area (Å²) >= 11 is 0. The molecule has 1 aliphatic heterocycles. The van der Waals surface area contributed by atoms with E-state index >= 15 is 0 Å². The van der Waals surface area contributed by atoms with Crippen LogP contribution in [0, 0.1) is 11.8 Å². The fourth-order valence-corrected chi connectivity index (χ4v) is 2.71. The van der Waals surface area contributed by atoms with E-state index in [1.807, 2.05) is 24.8 Å². The average molecular weight is 382 g/mol. The SMILES string of the molecule is CC(C)/C=C/C(=O)NCC1CCN(C(=O)CCNC(=O)OC(C)(C)C)CC1. The maximum absolute atomic E-state index is 12.2. The second-order valence-corrected chi connectivity index (χ2v) is 8.35. The van der Waals surface area contributed by atoms with Crippen molar-refractivity contribution in [1.29, 1.82) is 0 Å². The molecule has 7 nitrogen and oxygen atoms in total. The van der Waals surface area contributed by atoms with Crippen LogP contribution in [0.15, 0.2) is 12.2 Å². The summed E-state index contributed by atoms with van der Waals surface area (Å²) in [5, 5.41) is 5.53. The van der Waals surface area contributed by atoms with Crippen molar-refractivity contribution in [3.63, 3.8) is 0 Å². The first-order chi connectivity index (χ1) is 12.6. The van der Waals surface area contributed by atoms with Crippen LogP contribution in [0.2, 0.25) is 0 Å². The Morgan fingerprint density at radius 1 is 1.15 bits per heavy atom. The van der Waals surface area contributed by atoms with E-state index in [9.17, 15) is 14.4 Å². The summed E-state index contributed by atoms with van der Waals surface area (Å²) in [5.74, 6) is 0.726. The number of piperidine rings is 1. The molecule has 0 aromatic carbocycles. The standard InChI is InChI=1S/C20H35N3O4/c1-15(2)6-7-17(24)22-14-16-9-12-23(13-10-16)18(25)8-11-21-19(26)27-20(3,4)5/h6-7,15-16H,8-14H2,1-5H3,(H,21,26)(H,22,24)/b7-6+. The number of ether oxygens (including phenoxy) is 1. The minimum atomic E-state index is -0.546. The monoisotopic (exact) mass is 381 g/mol. The van der Waals surface area contributed by atoms with E-state index in [0.717, 1.165) is 12.8 Å². The van der Waals surface area contributed by atoms with Crippen LogP contribution in [0.3, 0.4) is 0 Å². The Kier molecular flexibility index (Phi) is 9.32. The van der Waals surface area contributed by atoms with E-state index in [-0.39, 0.29) is 24.8 Å². The molecule has 0 bridgehead atoms. The minimum Gasteiger partial charge on any atom is -0.444 e. The zero-order chi connectivity index (χ0) is 20.4. The second-order valence-electron chi connectivity index (χ2n) is 8.35. The largest absolute Gasteiger partial charge is 0.444 e. The molecule has 1 fully saturated rings. The van der Waals surface area contributed by atoms with Gasteiger partial charge in [0.15, 0.2) is 0 Å². The molecular weight excluding hydrogens is 346 g/mol. The van der Waals surface area contributed by atoms with Crippen LogP contribution < -0.4 is 10.6 Å². The number of alkyl carbamates (subject to hydrolysis) is 1. The molecule has 0 saturated carbocycles. The highest BCUT2D eigenvalue weighted by Crippen LogP contribution is 2.17. The number of hydrogen-bond donors (Lipinski definition) is 2. The highest BCUT2D eigenvalue weighted by Gasteiger charge is 2.23. The summed E-state index contributed by atoms with van der Waals surface area (Å²) in [7, 11) is 0. The third-order valence-electron chi connectivity index (χ3n) is 4.17. The number of amides is 3. The van der Waals surface area contributed by atoms with Crippen LogP contribution in [0.25, 0.3) is 0 Å². The Balaban J connectivity index is 2.21. The summed E-state index contributed by atoms with van der Waals surface area (Å²) in [6.45, 7) is 11.7. The molecule has 1 heterocycles. The van der Waals surface area contributed by atoms with E-state index in [2.05, 4.69) is 10.6 Å². The minimum absolute atomic E-state index is 0.0356. The maximum atomic E-state index is 12.2. The number of rotatable bonds is 7. The maximum Gasteiger partial charge on any atom is 0.407 e. The van der Waals surface area contributed by atoms with Crippen molar-refractivity contribution in [2.24, 2.45) is 11.8 Å². The molecule has 0 unspecified atom stereocenters. The molecule has 0 aliphatic carbocycles. The van der Waals surface area contributed by atoms with E-state index in [1.165, 1.54) is 0 Å². The molecular formula is C20H35N3O4. The van der Waals surface area contributed by atoms with Crippen LogP contribution in [0.5, 0.6) is 0 Å². The Morgan fingerprint density at radius 2 is 1.78 bits per heavy atom. The summed E-state index contributed by atoms with van der Waals surface area (Å²) in [5.41, 5.74) is -0.546. The van der Waals surface area contributed by atoms with Crippen molar-refractivity contribution < 1.29 is 19.1 Å². The molecule has 7 heteroatoms. The Bertz CT molecular complexity index is 530. The lowest BCUT2D eigenvalue weighted by molar-refractivity contribution is -0.132. The molecule has 0 radical (unpaired) electrons. The molecule has 1 rings (SSSR count). The van der Waals surface area contributed by atoms with Crippen LogP contribution in [0.1, 0.15) is 53.9 Å². The number of carbonyl (C=O) groups excluding carboxylic acids is 3. The van der Waals surface area contributed by atoms with Gasteiger partial charge in [0.1, 0.15) is 5.60 Å². The molecule has 2 N–H and O–H groups in total. The number of hydrogen-bond acceptors (Lipinski definition) is 4. The van der Waals surface area contributed by atoms with Crippen LogP contribution in [-0.2, 0) is 14.3 Å². The fraction of sp³-hybridized carbons (Fsp3) is 0.750. The van der Waals surface area contributed by atoms with E-state index in [4.69, 9.17) is 4.74 Å². The van der Waals surface area contributed by atoms with Crippen molar-refractivity contribution in [3.8, 4) is 0 Å². The van der Waals surface area contributed by atoms with Gasteiger partial charge >= 0.3 is 6.09 Å². The van der Waals surface area contributed by atoms with Gasteiger partial charge < -0.3 is 20.3 Å². The number of likely N-dealkylation sites (tertiary alicyclic amines) is 1. The van der Waals surface area contributed by atoms with Gasteiger partial charge in [-0.15, -0.1) is 0 Å². The molecule has 0 spiro atoms. The molecule has 154 valence electrons. The third kappa shape index (κ3) is 10.6. The first-order valence-electron chi connectivity index (χ1n) is 9.77. The van der Waals surface area contributed by atoms with Crippen molar-refractivity contribution >= 4 is 17.9 Å². The summed E-state index contributed by atoms with van der Waals surface area (Å²) < 4.78 is 5.14. The van der Waals surface area contributed by atoms with Crippen LogP contribution in [0.4, 0.5) is 4.79 Å². The fourth-order valence-electron chi connectivity index (χ4n) is 2.71. The van der Waals surface area contributed by atoms with E-state index in [1.54, 1.807) is 26.8 Å².